The highest BCUT2D eigenvalue weighted by Crippen LogP contribution is 2.24. The van der Waals surface area contributed by atoms with E-state index < -0.39 is 0 Å². The molecule has 1 heterocycles. The van der Waals surface area contributed by atoms with Gasteiger partial charge in [0.25, 0.3) is 5.91 Å². The lowest BCUT2D eigenvalue weighted by Crippen LogP contribution is -2.20. The summed E-state index contributed by atoms with van der Waals surface area (Å²) in [6.07, 6.45) is 1.55. The first-order chi connectivity index (χ1) is 10.7. The van der Waals surface area contributed by atoms with Crippen LogP contribution < -0.4 is 14.9 Å². The van der Waals surface area contributed by atoms with Gasteiger partial charge in [-0.15, -0.1) is 0 Å². The lowest BCUT2D eigenvalue weighted by atomic mass is 10.1. The van der Waals surface area contributed by atoms with Gasteiger partial charge in [0.15, 0.2) is 0 Å². The number of carbonyl (C=O) groups is 1. The molecule has 0 saturated carbocycles. The summed E-state index contributed by atoms with van der Waals surface area (Å²) in [6.45, 7) is 1.77. The Kier molecular flexibility index (Phi) is 5.08. The van der Waals surface area contributed by atoms with E-state index in [-0.39, 0.29) is 5.91 Å². The van der Waals surface area contributed by atoms with Crippen molar-refractivity contribution in [2.24, 2.45) is 5.10 Å². The highest BCUT2D eigenvalue weighted by atomic mass is 16.5. The van der Waals surface area contributed by atoms with Gasteiger partial charge in [-0.25, -0.2) is 5.43 Å². The predicted octanol–water partition coefficient (Wildman–Crippen LogP) is 2.25. The first-order valence-corrected chi connectivity index (χ1v) is 6.63. The summed E-state index contributed by atoms with van der Waals surface area (Å²) in [6, 6.07) is 10.5. The maximum atomic E-state index is 11.9. The third-order valence-corrected chi connectivity index (χ3v) is 3.02. The van der Waals surface area contributed by atoms with E-state index in [1.807, 2.05) is 0 Å². The molecule has 0 radical (unpaired) electrons. The normalized spacial score (nSPS) is 11.0. The number of pyridine rings is 1. The van der Waals surface area contributed by atoms with E-state index in [1.165, 1.54) is 0 Å². The fraction of sp³-hybridized carbons (Fsp3) is 0.188. The van der Waals surface area contributed by atoms with Crippen LogP contribution >= 0.6 is 0 Å². The summed E-state index contributed by atoms with van der Waals surface area (Å²) < 4.78 is 10.5. The molecule has 22 heavy (non-hydrogen) atoms. The third-order valence-electron chi connectivity index (χ3n) is 3.02. The van der Waals surface area contributed by atoms with Gasteiger partial charge >= 0.3 is 0 Å². The number of methoxy groups -OCH3 is 2. The molecule has 1 amide bonds. The minimum atomic E-state index is -0.373. The Balaban J connectivity index is 2.20. The van der Waals surface area contributed by atoms with E-state index in [9.17, 15) is 4.79 Å². The van der Waals surface area contributed by atoms with Gasteiger partial charge in [0.2, 0.25) is 0 Å². The van der Waals surface area contributed by atoms with E-state index >= 15 is 0 Å². The number of aromatic nitrogens is 1. The first-order valence-electron chi connectivity index (χ1n) is 6.63. The van der Waals surface area contributed by atoms with Crippen LogP contribution in [0.4, 0.5) is 0 Å². The summed E-state index contributed by atoms with van der Waals surface area (Å²) in [5, 5.41) is 4.10. The van der Waals surface area contributed by atoms with Crippen LogP contribution in [-0.4, -0.2) is 30.8 Å². The molecule has 0 aliphatic heterocycles. The molecule has 0 fully saturated rings. The Labute approximate surface area is 128 Å². The van der Waals surface area contributed by atoms with Crippen molar-refractivity contribution >= 4 is 11.6 Å². The minimum Gasteiger partial charge on any atom is -0.497 e. The smallest absolute Gasteiger partial charge is 0.289 e. The molecule has 0 atom stereocenters. The van der Waals surface area contributed by atoms with Crippen LogP contribution in [0, 0.1) is 0 Å². The maximum absolute atomic E-state index is 11.9. The lowest BCUT2D eigenvalue weighted by Gasteiger charge is -2.10. The van der Waals surface area contributed by atoms with Gasteiger partial charge in [0.1, 0.15) is 17.2 Å². The second-order valence-corrected chi connectivity index (χ2v) is 4.42. The summed E-state index contributed by atoms with van der Waals surface area (Å²) >= 11 is 0. The van der Waals surface area contributed by atoms with E-state index in [2.05, 4.69) is 15.5 Å². The summed E-state index contributed by atoms with van der Waals surface area (Å²) in [7, 11) is 3.16. The zero-order valence-corrected chi connectivity index (χ0v) is 12.7. The predicted molar refractivity (Wildman–Crippen MR) is 83.5 cm³/mol. The highest BCUT2D eigenvalue weighted by molar-refractivity contribution is 6.02. The first kappa shape index (κ1) is 15.5. The third kappa shape index (κ3) is 3.60. The van der Waals surface area contributed by atoms with Crippen molar-refractivity contribution in [2.75, 3.05) is 14.2 Å². The zero-order chi connectivity index (χ0) is 15.9. The molecular formula is C16H17N3O3. The van der Waals surface area contributed by atoms with Gasteiger partial charge in [-0.2, -0.15) is 5.10 Å². The van der Waals surface area contributed by atoms with E-state index in [1.54, 1.807) is 63.7 Å². The molecule has 0 aliphatic carbocycles. The number of nitrogens with one attached hydrogen (secondary N) is 1. The fourth-order valence-electron chi connectivity index (χ4n) is 1.85. The number of hydrazone groups is 1. The van der Waals surface area contributed by atoms with Gasteiger partial charge in [0, 0.05) is 11.8 Å². The second-order valence-electron chi connectivity index (χ2n) is 4.42. The summed E-state index contributed by atoms with van der Waals surface area (Å²) in [4.78, 5) is 15.9. The second kappa shape index (κ2) is 7.21. The number of rotatable bonds is 5. The van der Waals surface area contributed by atoms with Gasteiger partial charge in [-0.3, -0.25) is 9.78 Å². The van der Waals surface area contributed by atoms with Crippen LogP contribution in [0.25, 0.3) is 0 Å². The quantitative estimate of drug-likeness (QED) is 0.679. The molecule has 2 aromatic rings. The van der Waals surface area contributed by atoms with Crippen molar-refractivity contribution in [3.63, 3.8) is 0 Å². The van der Waals surface area contributed by atoms with Crippen LogP contribution in [0.3, 0.4) is 0 Å². The summed E-state index contributed by atoms with van der Waals surface area (Å²) in [5.74, 6) is 0.956. The number of hydrogen-bond acceptors (Lipinski definition) is 5. The van der Waals surface area contributed by atoms with Crippen molar-refractivity contribution in [2.45, 2.75) is 6.92 Å². The average molecular weight is 299 g/mol. The van der Waals surface area contributed by atoms with E-state index in [4.69, 9.17) is 9.47 Å². The van der Waals surface area contributed by atoms with Crippen molar-refractivity contribution < 1.29 is 14.3 Å². The van der Waals surface area contributed by atoms with Gasteiger partial charge in [-0.1, -0.05) is 6.07 Å². The van der Waals surface area contributed by atoms with Gasteiger partial charge < -0.3 is 9.47 Å². The number of ether oxygens (including phenoxy) is 2. The molecule has 0 spiro atoms. The Morgan fingerprint density at radius 1 is 1.18 bits per heavy atom. The molecule has 2 rings (SSSR count). The van der Waals surface area contributed by atoms with Crippen molar-refractivity contribution in [3.05, 3.63) is 53.9 Å². The van der Waals surface area contributed by atoms with Crippen LogP contribution in [0.1, 0.15) is 23.0 Å². The van der Waals surface area contributed by atoms with E-state index in [0.717, 1.165) is 5.56 Å². The molecule has 6 nitrogen and oxygen atoms in total. The number of hydrogen-bond donors (Lipinski definition) is 1. The molecule has 114 valence electrons. The SMILES string of the molecule is COc1ccc(OC)c(/C(C)=N/NC(=O)c2ccccn2)c1. The number of benzene rings is 1. The lowest BCUT2D eigenvalue weighted by molar-refractivity contribution is 0.0950. The van der Waals surface area contributed by atoms with Crippen molar-refractivity contribution in [3.8, 4) is 11.5 Å². The van der Waals surface area contributed by atoms with E-state index in [0.29, 0.717) is 22.9 Å². The molecule has 1 aromatic heterocycles. The maximum Gasteiger partial charge on any atom is 0.289 e. The van der Waals surface area contributed by atoms with Gasteiger partial charge in [0.05, 0.1) is 19.9 Å². The Bertz CT molecular complexity index is 684. The molecule has 1 aromatic carbocycles. The van der Waals surface area contributed by atoms with Crippen molar-refractivity contribution in [1.82, 2.24) is 10.4 Å². The van der Waals surface area contributed by atoms with Crippen LogP contribution in [0.2, 0.25) is 0 Å². The van der Waals surface area contributed by atoms with Crippen LogP contribution in [0.5, 0.6) is 11.5 Å². The molecule has 0 unspecified atom stereocenters. The molecule has 0 bridgehead atoms. The Hall–Kier alpha value is -2.89. The minimum absolute atomic E-state index is 0.302. The molecule has 1 N–H and O–H groups in total. The Morgan fingerprint density at radius 3 is 2.64 bits per heavy atom. The number of nitrogens with zero attached hydrogens (tertiary/aromatic N) is 2. The largest absolute Gasteiger partial charge is 0.497 e. The number of carbonyl (C=O) groups excluding carboxylic acids is 1. The average Bonchev–Trinajstić information content (AvgIpc) is 2.59. The van der Waals surface area contributed by atoms with Crippen LogP contribution in [-0.2, 0) is 0 Å². The van der Waals surface area contributed by atoms with Crippen molar-refractivity contribution in [1.29, 1.82) is 0 Å². The monoisotopic (exact) mass is 299 g/mol. The van der Waals surface area contributed by atoms with Gasteiger partial charge in [-0.05, 0) is 37.3 Å². The van der Waals surface area contributed by atoms with Crippen LogP contribution in [0.15, 0.2) is 47.7 Å². The topological polar surface area (TPSA) is 72.8 Å². The molecular weight excluding hydrogens is 282 g/mol. The fourth-order valence-corrected chi connectivity index (χ4v) is 1.85. The summed E-state index contributed by atoms with van der Waals surface area (Å²) in [5.41, 5.74) is 4.11. The molecule has 0 saturated heterocycles. The highest BCUT2D eigenvalue weighted by Gasteiger charge is 2.10. The number of amides is 1. The standard InChI is InChI=1S/C16H17N3O3/c1-11(13-10-12(21-2)7-8-15(13)22-3)18-19-16(20)14-6-4-5-9-17-14/h4-10H,1-3H3,(H,19,20)/b18-11+. The molecule has 0 aliphatic rings. The Morgan fingerprint density at radius 2 is 2.00 bits per heavy atom. The molecule has 6 heteroatoms. The zero-order valence-electron chi connectivity index (χ0n) is 12.7.